The zero-order valence-corrected chi connectivity index (χ0v) is 17.7. The Hall–Kier alpha value is -2.38. The summed E-state index contributed by atoms with van der Waals surface area (Å²) in [6.45, 7) is 4.88. The smallest absolute Gasteiger partial charge is 0.264 e. The number of carbonyl (C=O) groups is 1. The van der Waals surface area contributed by atoms with E-state index in [0.29, 0.717) is 17.8 Å². The van der Waals surface area contributed by atoms with Gasteiger partial charge in [0.1, 0.15) is 0 Å². The highest BCUT2D eigenvalue weighted by atomic mass is 32.2. The number of anilines is 1. The SMILES string of the molecule is CCN(c1ccccc1)S(=O)(=O)c1cccc(C(=O)NC(C)CCN(C)C)c1. The Morgan fingerprint density at radius 3 is 2.36 bits per heavy atom. The van der Waals surface area contributed by atoms with Gasteiger partial charge in [-0.25, -0.2) is 8.42 Å². The molecule has 0 aliphatic carbocycles. The van der Waals surface area contributed by atoms with Crippen molar-refractivity contribution in [1.82, 2.24) is 10.2 Å². The third-order valence-corrected chi connectivity index (χ3v) is 6.30. The standard InChI is InChI=1S/C21H29N3O3S/c1-5-24(19-11-7-6-8-12-19)28(26,27)20-13-9-10-18(16-20)21(25)22-17(2)14-15-23(3)4/h6-13,16-17H,5,14-15H2,1-4H3,(H,22,25). The molecule has 0 saturated heterocycles. The second-order valence-electron chi connectivity index (χ2n) is 7.00. The minimum Gasteiger partial charge on any atom is -0.350 e. The highest BCUT2D eigenvalue weighted by Crippen LogP contribution is 2.23. The van der Waals surface area contributed by atoms with E-state index in [-0.39, 0.29) is 16.8 Å². The van der Waals surface area contributed by atoms with Crippen molar-refractivity contribution in [3.8, 4) is 0 Å². The molecule has 0 saturated carbocycles. The second kappa shape index (κ2) is 9.71. The Morgan fingerprint density at radius 2 is 1.75 bits per heavy atom. The van der Waals surface area contributed by atoms with Crippen LogP contribution in [0.15, 0.2) is 59.5 Å². The quantitative estimate of drug-likeness (QED) is 0.699. The predicted molar refractivity (Wildman–Crippen MR) is 113 cm³/mol. The van der Waals surface area contributed by atoms with E-state index in [2.05, 4.69) is 10.2 Å². The molecule has 1 N–H and O–H groups in total. The van der Waals surface area contributed by atoms with Crippen LogP contribution in [0.2, 0.25) is 0 Å². The molecule has 28 heavy (non-hydrogen) atoms. The van der Waals surface area contributed by atoms with Crippen molar-refractivity contribution >= 4 is 21.6 Å². The molecule has 0 aliphatic heterocycles. The van der Waals surface area contributed by atoms with E-state index < -0.39 is 10.0 Å². The minimum atomic E-state index is -3.76. The normalized spacial score (nSPS) is 12.6. The topological polar surface area (TPSA) is 69.7 Å². The molecule has 0 radical (unpaired) electrons. The van der Waals surface area contributed by atoms with Gasteiger partial charge >= 0.3 is 0 Å². The molecule has 6 nitrogen and oxygen atoms in total. The number of sulfonamides is 1. The van der Waals surface area contributed by atoms with Crippen LogP contribution in [0.1, 0.15) is 30.6 Å². The molecule has 2 aromatic carbocycles. The maximum Gasteiger partial charge on any atom is 0.264 e. The Kier molecular flexibility index (Phi) is 7.60. The third-order valence-electron chi connectivity index (χ3n) is 4.40. The Balaban J connectivity index is 2.22. The molecule has 152 valence electrons. The fourth-order valence-electron chi connectivity index (χ4n) is 2.84. The number of hydrogen-bond acceptors (Lipinski definition) is 4. The van der Waals surface area contributed by atoms with Crippen LogP contribution in [0.4, 0.5) is 5.69 Å². The summed E-state index contributed by atoms with van der Waals surface area (Å²) in [5.74, 6) is -0.272. The monoisotopic (exact) mass is 403 g/mol. The van der Waals surface area contributed by atoms with Gasteiger partial charge < -0.3 is 10.2 Å². The number of nitrogens with one attached hydrogen (secondary N) is 1. The molecule has 1 atom stereocenters. The van der Waals surface area contributed by atoms with E-state index in [0.717, 1.165) is 13.0 Å². The number of hydrogen-bond donors (Lipinski definition) is 1. The van der Waals surface area contributed by atoms with Gasteiger partial charge in [0.2, 0.25) is 0 Å². The molecule has 0 spiro atoms. The molecular formula is C21H29N3O3S. The van der Waals surface area contributed by atoms with Crippen molar-refractivity contribution in [2.24, 2.45) is 0 Å². The van der Waals surface area contributed by atoms with Gasteiger partial charge in [0.05, 0.1) is 10.6 Å². The molecule has 0 fully saturated rings. The van der Waals surface area contributed by atoms with Gasteiger partial charge in [-0.15, -0.1) is 0 Å². The molecule has 2 rings (SSSR count). The van der Waals surface area contributed by atoms with Gasteiger partial charge in [-0.3, -0.25) is 9.10 Å². The van der Waals surface area contributed by atoms with Crippen molar-refractivity contribution in [3.05, 3.63) is 60.2 Å². The second-order valence-corrected chi connectivity index (χ2v) is 8.86. The number of para-hydroxylation sites is 1. The Labute approximate surface area is 168 Å². The zero-order chi connectivity index (χ0) is 20.7. The third kappa shape index (κ3) is 5.56. The van der Waals surface area contributed by atoms with Crippen LogP contribution in [0.3, 0.4) is 0 Å². The van der Waals surface area contributed by atoms with Crippen molar-refractivity contribution < 1.29 is 13.2 Å². The molecule has 0 aromatic heterocycles. The zero-order valence-electron chi connectivity index (χ0n) is 16.9. The predicted octanol–water partition coefficient (Wildman–Crippen LogP) is 2.97. The number of rotatable bonds is 9. The lowest BCUT2D eigenvalue weighted by Gasteiger charge is -2.23. The Morgan fingerprint density at radius 1 is 1.07 bits per heavy atom. The van der Waals surface area contributed by atoms with Crippen LogP contribution in [0.5, 0.6) is 0 Å². The van der Waals surface area contributed by atoms with Gasteiger partial charge in [-0.1, -0.05) is 24.3 Å². The van der Waals surface area contributed by atoms with E-state index in [1.54, 1.807) is 43.3 Å². The maximum atomic E-state index is 13.1. The summed E-state index contributed by atoms with van der Waals surface area (Å²) in [4.78, 5) is 14.7. The summed E-state index contributed by atoms with van der Waals surface area (Å²) >= 11 is 0. The number of carbonyl (C=O) groups excluding carboxylic acids is 1. The largest absolute Gasteiger partial charge is 0.350 e. The first-order valence-corrected chi connectivity index (χ1v) is 10.8. The van der Waals surface area contributed by atoms with Crippen LogP contribution >= 0.6 is 0 Å². The fourth-order valence-corrected chi connectivity index (χ4v) is 4.36. The van der Waals surface area contributed by atoms with Crippen molar-refractivity contribution in [3.63, 3.8) is 0 Å². The van der Waals surface area contributed by atoms with Gasteiger partial charge in [0.15, 0.2) is 0 Å². The van der Waals surface area contributed by atoms with Gasteiger partial charge in [0.25, 0.3) is 15.9 Å². The molecule has 0 bridgehead atoms. The first kappa shape index (κ1) is 21.9. The molecule has 0 aliphatic rings. The minimum absolute atomic E-state index is 0.00776. The van der Waals surface area contributed by atoms with E-state index >= 15 is 0 Å². The van der Waals surface area contributed by atoms with E-state index in [9.17, 15) is 13.2 Å². The lowest BCUT2D eigenvalue weighted by atomic mass is 10.1. The molecule has 0 heterocycles. The first-order valence-electron chi connectivity index (χ1n) is 9.39. The van der Waals surface area contributed by atoms with Crippen LogP contribution in [-0.4, -0.2) is 52.5 Å². The maximum absolute atomic E-state index is 13.1. The molecule has 1 amide bonds. The molecular weight excluding hydrogens is 374 g/mol. The lowest BCUT2D eigenvalue weighted by Crippen LogP contribution is -2.35. The summed E-state index contributed by atoms with van der Waals surface area (Å²) in [5.41, 5.74) is 0.930. The number of amides is 1. The summed E-state index contributed by atoms with van der Waals surface area (Å²) in [5, 5.41) is 2.93. The van der Waals surface area contributed by atoms with Crippen LogP contribution in [0.25, 0.3) is 0 Å². The van der Waals surface area contributed by atoms with Crippen molar-refractivity contribution in [2.45, 2.75) is 31.2 Å². The van der Waals surface area contributed by atoms with Crippen molar-refractivity contribution in [1.29, 1.82) is 0 Å². The van der Waals surface area contributed by atoms with Crippen molar-refractivity contribution in [2.75, 3.05) is 31.5 Å². The number of benzene rings is 2. The highest BCUT2D eigenvalue weighted by Gasteiger charge is 2.24. The summed E-state index contributed by atoms with van der Waals surface area (Å²) in [7, 11) is 0.199. The van der Waals surface area contributed by atoms with Crippen LogP contribution in [0, 0.1) is 0 Å². The Bertz CT molecular complexity index is 883. The van der Waals surface area contributed by atoms with Crippen LogP contribution in [-0.2, 0) is 10.0 Å². The van der Waals surface area contributed by atoms with Gasteiger partial charge in [-0.2, -0.15) is 0 Å². The average molecular weight is 404 g/mol. The molecule has 2 aromatic rings. The number of nitrogens with zero attached hydrogens (tertiary/aromatic N) is 2. The first-order chi connectivity index (χ1) is 13.3. The summed E-state index contributed by atoms with van der Waals surface area (Å²) in [6.07, 6.45) is 0.814. The van der Waals surface area contributed by atoms with E-state index in [1.165, 1.54) is 16.4 Å². The molecule has 1 unspecified atom stereocenters. The van der Waals surface area contributed by atoms with E-state index in [1.807, 2.05) is 27.1 Å². The van der Waals surface area contributed by atoms with Gasteiger partial charge in [-0.05, 0) is 71.2 Å². The molecule has 7 heteroatoms. The fraction of sp³-hybridized carbons (Fsp3) is 0.381. The van der Waals surface area contributed by atoms with Crippen LogP contribution < -0.4 is 9.62 Å². The van der Waals surface area contributed by atoms with E-state index in [4.69, 9.17) is 0 Å². The highest BCUT2D eigenvalue weighted by molar-refractivity contribution is 7.92. The summed E-state index contributed by atoms with van der Waals surface area (Å²) < 4.78 is 27.6. The van der Waals surface area contributed by atoms with Gasteiger partial charge in [0, 0.05) is 18.2 Å². The summed E-state index contributed by atoms with van der Waals surface area (Å²) in [6, 6.07) is 15.1. The average Bonchev–Trinajstić information content (AvgIpc) is 2.67. The lowest BCUT2D eigenvalue weighted by molar-refractivity contribution is 0.0936.